The van der Waals surface area contributed by atoms with E-state index in [-0.39, 0.29) is 12.2 Å². The monoisotopic (exact) mass is 277 g/mol. The summed E-state index contributed by atoms with van der Waals surface area (Å²) in [6, 6.07) is 12.2. The second-order valence-corrected chi connectivity index (χ2v) is 4.35. The summed E-state index contributed by atoms with van der Waals surface area (Å²) in [5.74, 6) is -0.921. The normalized spacial score (nSPS) is 11.9. The van der Waals surface area contributed by atoms with E-state index >= 15 is 0 Å². The Kier molecular flexibility index (Phi) is 2.93. The number of imidazole rings is 1. The van der Waals surface area contributed by atoms with Crippen molar-refractivity contribution in [1.82, 2.24) is 14.5 Å². The molecule has 3 rings (SSSR count). The van der Waals surface area contributed by atoms with Gasteiger partial charge in [-0.1, -0.05) is 30.3 Å². The Morgan fingerprint density at radius 3 is 2.45 bits per heavy atom. The summed E-state index contributed by atoms with van der Waals surface area (Å²) in [6.45, 7) is 0.109. The maximum Gasteiger partial charge on any atom is 0.449 e. The van der Waals surface area contributed by atoms with Gasteiger partial charge in [0, 0.05) is 12.7 Å². The fourth-order valence-electron chi connectivity index (χ4n) is 2.10. The zero-order valence-electron chi connectivity index (χ0n) is 10.3. The molecule has 0 N–H and O–H groups in total. The third kappa shape index (κ3) is 2.24. The van der Waals surface area contributed by atoms with Crippen molar-refractivity contribution in [1.29, 1.82) is 0 Å². The van der Waals surface area contributed by atoms with Gasteiger partial charge in [0.15, 0.2) is 5.65 Å². The Balaban J connectivity index is 2.16. The molecule has 102 valence electrons. The maximum atomic E-state index is 13.1. The van der Waals surface area contributed by atoms with Gasteiger partial charge in [0.25, 0.3) is 0 Å². The van der Waals surface area contributed by atoms with Gasteiger partial charge in [0.1, 0.15) is 0 Å². The molecule has 2 aromatic heterocycles. The minimum Gasteiger partial charge on any atom is -0.314 e. The van der Waals surface area contributed by atoms with Gasteiger partial charge in [-0.25, -0.2) is 9.97 Å². The molecule has 0 amide bonds. The van der Waals surface area contributed by atoms with Crippen LogP contribution in [0.15, 0.2) is 48.7 Å². The van der Waals surface area contributed by atoms with Crippen molar-refractivity contribution in [2.75, 3.05) is 0 Å². The van der Waals surface area contributed by atoms with E-state index in [1.54, 1.807) is 36.4 Å². The van der Waals surface area contributed by atoms with E-state index in [1.165, 1.54) is 6.20 Å². The quantitative estimate of drug-likeness (QED) is 0.717. The van der Waals surface area contributed by atoms with E-state index in [2.05, 4.69) is 9.97 Å². The van der Waals surface area contributed by atoms with Crippen LogP contribution < -0.4 is 0 Å². The highest BCUT2D eigenvalue weighted by molar-refractivity contribution is 5.71. The summed E-state index contributed by atoms with van der Waals surface area (Å²) >= 11 is 0. The minimum atomic E-state index is -4.50. The summed E-state index contributed by atoms with van der Waals surface area (Å²) in [6.07, 6.45) is -3.07. The van der Waals surface area contributed by atoms with E-state index in [1.807, 2.05) is 6.07 Å². The summed E-state index contributed by atoms with van der Waals surface area (Å²) in [4.78, 5) is 7.49. The molecule has 3 nitrogen and oxygen atoms in total. The number of alkyl halides is 3. The first-order chi connectivity index (χ1) is 9.55. The van der Waals surface area contributed by atoms with Gasteiger partial charge < -0.3 is 4.57 Å². The van der Waals surface area contributed by atoms with Gasteiger partial charge in [-0.05, 0) is 17.7 Å². The molecule has 0 radical (unpaired) electrons. The highest BCUT2D eigenvalue weighted by atomic mass is 19.4. The first-order valence-electron chi connectivity index (χ1n) is 5.98. The van der Waals surface area contributed by atoms with Crippen LogP contribution in [0, 0.1) is 0 Å². The molecule has 2 heterocycles. The molecule has 6 heteroatoms. The maximum absolute atomic E-state index is 13.1. The van der Waals surface area contributed by atoms with Crippen LogP contribution in [0.2, 0.25) is 0 Å². The van der Waals surface area contributed by atoms with Crippen molar-refractivity contribution in [3.8, 4) is 0 Å². The van der Waals surface area contributed by atoms with Crippen LogP contribution in [-0.4, -0.2) is 14.5 Å². The molecule has 0 saturated heterocycles. The van der Waals surface area contributed by atoms with Crippen LogP contribution >= 0.6 is 0 Å². The first-order valence-corrected chi connectivity index (χ1v) is 5.98. The average Bonchev–Trinajstić information content (AvgIpc) is 2.79. The van der Waals surface area contributed by atoms with Gasteiger partial charge >= 0.3 is 6.18 Å². The lowest BCUT2D eigenvalue weighted by molar-refractivity contribution is -0.146. The Morgan fingerprint density at radius 2 is 1.75 bits per heavy atom. The number of pyridine rings is 1. The Morgan fingerprint density at radius 1 is 1.00 bits per heavy atom. The topological polar surface area (TPSA) is 30.7 Å². The lowest BCUT2D eigenvalue weighted by Gasteiger charge is -2.11. The molecular formula is C14H10F3N3. The molecular weight excluding hydrogens is 267 g/mol. The highest BCUT2D eigenvalue weighted by Crippen LogP contribution is 2.31. The number of aromatic nitrogens is 3. The Hall–Kier alpha value is -2.37. The van der Waals surface area contributed by atoms with Crippen molar-refractivity contribution in [2.24, 2.45) is 0 Å². The third-order valence-electron chi connectivity index (χ3n) is 2.96. The van der Waals surface area contributed by atoms with Crippen molar-refractivity contribution < 1.29 is 13.2 Å². The van der Waals surface area contributed by atoms with Crippen LogP contribution in [-0.2, 0) is 12.7 Å². The molecule has 0 atom stereocenters. The van der Waals surface area contributed by atoms with Crippen molar-refractivity contribution in [2.45, 2.75) is 12.7 Å². The van der Waals surface area contributed by atoms with E-state index in [0.717, 1.165) is 10.1 Å². The molecule has 0 spiro atoms. The molecule has 0 aliphatic heterocycles. The Labute approximate surface area is 112 Å². The molecule has 0 unspecified atom stereocenters. The van der Waals surface area contributed by atoms with Gasteiger partial charge in [0.05, 0.1) is 5.52 Å². The fourth-order valence-corrected chi connectivity index (χ4v) is 2.10. The van der Waals surface area contributed by atoms with Crippen LogP contribution in [0.5, 0.6) is 0 Å². The summed E-state index contributed by atoms with van der Waals surface area (Å²) in [7, 11) is 0. The predicted octanol–water partition coefficient (Wildman–Crippen LogP) is 3.50. The molecule has 1 aromatic carbocycles. The van der Waals surface area contributed by atoms with E-state index in [9.17, 15) is 13.2 Å². The number of hydrogen-bond donors (Lipinski definition) is 0. The predicted molar refractivity (Wildman–Crippen MR) is 68.1 cm³/mol. The van der Waals surface area contributed by atoms with Gasteiger partial charge in [-0.3, -0.25) is 0 Å². The summed E-state index contributed by atoms with van der Waals surface area (Å²) in [5.41, 5.74) is 1.26. The first kappa shape index (κ1) is 12.7. The second kappa shape index (κ2) is 4.63. The number of rotatable bonds is 2. The van der Waals surface area contributed by atoms with Crippen molar-refractivity contribution >= 4 is 11.2 Å². The third-order valence-corrected chi connectivity index (χ3v) is 2.96. The number of benzene rings is 1. The lowest BCUT2D eigenvalue weighted by atomic mass is 10.2. The number of halogens is 3. The SMILES string of the molecule is FC(F)(F)c1nc2ncccc2n1Cc1ccccc1. The number of fused-ring (bicyclic) bond motifs is 1. The molecule has 0 aliphatic carbocycles. The van der Waals surface area contributed by atoms with E-state index in [4.69, 9.17) is 0 Å². The second-order valence-electron chi connectivity index (χ2n) is 4.35. The van der Waals surface area contributed by atoms with Crippen LogP contribution in [0.3, 0.4) is 0 Å². The van der Waals surface area contributed by atoms with E-state index in [0.29, 0.717) is 5.52 Å². The number of nitrogens with zero attached hydrogens (tertiary/aromatic N) is 3. The van der Waals surface area contributed by atoms with Crippen molar-refractivity contribution in [3.05, 3.63) is 60.0 Å². The highest BCUT2D eigenvalue weighted by Gasteiger charge is 2.37. The summed E-state index contributed by atoms with van der Waals surface area (Å²) in [5, 5.41) is 0. The molecule has 0 saturated carbocycles. The van der Waals surface area contributed by atoms with Gasteiger partial charge in [-0.15, -0.1) is 0 Å². The zero-order valence-corrected chi connectivity index (χ0v) is 10.3. The van der Waals surface area contributed by atoms with Gasteiger partial charge in [-0.2, -0.15) is 13.2 Å². The number of hydrogen-bond acceptors (Lipinski definition) is 2. The largest absolute Gasteiger partial charge is 0.449 e. The average molecular weight is 277 g/mol. The standard InChI is InChI=1S/C14H10F3N3/c15-14(16,17)13-19-12-11(7-4-8-18-12)20(13)9-10-5-2-1-3-6-10/h1-8H,9H2. The van der Waals surface area contributed by atoms with Gasteiger partial charge in [0.2, 0.25) is 5.82 Å². The Bertz CT molecular complexity index is 732. The smallest absolute Gasteiger partial charge is 0.314 e. The lowest BCUT2D eigenvalue weighted by Crippen LogP contribution is -2.15. The molecule has 0 bridgehead atoms. The van der Waals surface area contributed by atoms with Crippen LogP contribution in [0.25, 0.3) is 11.2 Å². The molecule has 0 fully saturated rings. The van der Waals surface area contributed by atoms with Crippen LogP contribution in [0.1, 0.15) is 11.4 Å². The van der Waals surface area contributed by atoms with Crippen LogP contribution in [0.4, 0.5) is 13.2 Å². The van der Waals surface area contributed by atoms with Crippen molar-refractivity contribution in [3.63, 3.8) is 0 Å². The molecule has 3 aromatic rings. The zero-order chi connectivity index (χ0) is 14.2. The molecule has 20 heavy (non-hydrogen) atoms. The molecule has 0 aliphatic rings. The van der Waals surface area contributed by atoms with E-state index < -0.39 is 12.0 Å². The minimum absolute atomic E-state index is 0.107. The fraction of sp³-hybridized carbons (Fsp3) is 0.143. The summed E-state index contributed by atoms with van der Waals surface area (Å²) < 4.78 is 40.4.